The Hall–Kier alpha value is -2.89. The molecule has 0 radical (unpaired) electrons. The van der Waals surface area contributed by atoms with Crippen LogP contribution in [0.15, 0.2) is 49.2 Å². The molecule has 1 saturated carbocycles. The zero-order chi connectivity index (χ0) is 19.5. The molecular weight excluding hydrogens is 355 g/mol. The third-order valence-electron chi connectivity index (χ3n) is 5.84. The van der Waals surface area contributed by atoms with Crippen molar-refractivity contribution in [2.75, 3.05) is 0 Å². The van der Waals surface area contributed by atoms with Crippen LogP contribution in [0.2, 0.25) is 0 Å². The highest BCUT2D eigenvalue weighted by molar-refractivity contribution is 5.93. The SMILES string of the molecule is C[C@@H](NC(=O)c1cncnc1)C1CCC(c2ccnc3ccc(F)cc23)CC1. The van der Waals surface area contributed by atoms with E-state index in [2.05, 4.69) is 27.2 Å². The second kappa shape index (κ2) is 8.00. The van der Waals surface area contributed by atoms with Gasteiger partial charge >= 0.3 is 0 Å². The number of carbonyl (C=O) groups excluding carboxylic acids is 1. The van der Waals surface area contributed by atoms with Crippen LogP contribution in [-0.4, -0.2) is 26.9 Å². The van der Waals surface area contributed by atoms with Crippen molar-refractivity contribution in [2.24, 2.45) is 5.92 Å². The smallest absolute Gasteiger partial charge is 0.254 e. The minimum atomic E-state index is -0.225. The standard InChI is InChI=1S/C22H23FN4O/c1-14(27-22(28)17-11-24-13-25-12-17)15-2-4-16(5-3-15)19-8-9-26-21-7-6-18(23)10-20(19)21/h6-16H,2-5H2,1H3,(H,27,28)/t14-,15?,16?/m1/s1. The summed E-state index contributed by atoms with van der Waals surface area (Å²) in [7, 11) is 0. The van der Waals surface area contributed by atoms with E-state index in [9.17, 15) is 9.18 Å². The van der Waals surface area contributed by atoms with Crippen molar-refractivity contribution >= 4 is 16.8 Å². The molecule has 28 heavy (non-hydrogen) atoms. The Bertz CT molecular complexity index is 971. The number of pyridine rings is 1. The number of hydrogen-bond acceptors (Lipinski definition) is 4. The number of carbonyl (C=O) groups is 1. The molecule has 1 aliphatic rings. The molecular formula is C22H23FN4O. The number of nitrogens with one attached hydrogen (secondary N) is 1. The third kappa shape index (κ3) is 3.86. The molecule has 0 unspecified atom stereocenters. The fourth-order valence-corrected chi connectivity index (χ4v) is 4.25. The Kier molecular flexibility index (Phi) is 5.28. The third-order valence-corrected chi connectivity index (χ3v) is 5.84. The number of benzene rings is 1. The highest BCUT2D eigenvalue weighted by Gasteiger charge is 2.28. The number of nitrogens with zero attached hydrogens (tertiary/aromatic N) is 3. The fraction of sp³-hybridized carbons (Fsp3) is 0.364. The Morgan fingerprint density at radius 3 is 2.64 bits per heavy atom. The van der Waals surface area contributed by atoms with E-state index in [0.29, 0.717) is 17.4 Å². The van der Waals surface area contributed by atoms with Crippen LogP contribution in [0.5, 0.6) is 0 Å². The molecule has 0 bridgehead atoms. The number of hydrogen-bond donors (Lipinski definition) is 1. The van der Waals surface area contributed by atoms with Crippen molar-refractivity contribution in [2.45, 2.75) is 44.6 Å². The van der Waals surface area contributed by atoms with E-state index in [0.717, 1.165) is 36.6 Å². The van der Waals surface area contributed by atoms with Crippen LogP contribution in [-0.2, 0) is 0 Å². The maximum Gasteiger partial charge on any atom is 0.254 e. The molecule has 1 atom stereocenters. The Balaban J connectivity index is 1.41. The molecule has 1 fully saturated rings. The van der Waals surface area contributed by atoms with Gasteiger partial charge in [-0.2, -0.15) is 0 Å². The van der Waals surface area contributed by atoms with Crippen molar-refractivity contribution in [3.8, 4) is 0 Å². The first-order valence-electron chi connectivity index (χ1n) is 9.72. The zero-order valence-corrected chi connectivity index (χ0v) is 15.8. The van der Waals surface area contributed by atoms with Gasteiger partial charge < -0.3 is 5.32 Å². The highest BCUT2D eigenvalue weighted by Crippen LogP contribution is 2.39. The lowest BCUT2D eigenvalue weighted by atomic mass is 9.75. The second-order valence-corrected chi connectivity index (χ2v) is 7.56. The van der Waals surface area contributed by atoms with Crippen LogP contribution in [0.3, 0.4) is 0 Å². The molecule has 144 valence electrons. The summed E-state index contributed by atoms with van der Waals surface area (Å²) in [5, 5.41) is 3.99. The summed E-state index contributed by atoms with van der Waals surface area (Å²) in [6.45, 7) is 2.06. The first-order valence-corrected chi connectivity index (χ1v) is 9.72. The summed E-state index contributed by atoms with van der Waals surface area (Å²) in [5.74, 6) is 0.464. The van der Waals surface area contributed by atoms with E-state index in [1.165, 1.54) is 30.4 Å². The number of amides is 1. The molecule has 0 aliphatic heterocycles. The summed E-state index contributed by atoms with van der Waals surface area (Å²) in [6, 6.07) is 6.89. The molecule has 1 N–H and O–H groups in total. The van der Waals surface area contributed by atoms with E-state index in [1.54, 1.807) is 12.1 Å². The molecule has 1 amide bonds. The summed E-state index contributed by atoms with van der Waals surface area (Å²) >= 11 is 0. The minimum Gasteiger partial charge on any atom is -0.349 e. The van der Waals surface area contributed by atoms with Crippen LogP contribution in [0, 0.1) is 11.7 Å². The molecule has 1 aliphatic carbocycles. The lowest BCUT2D eigenvalue weighted by Gasteiger charge is -2.33. The molecule has 3 aromatic rings. The van der Waals surface area contributed by atoms with E-state index in [4.69, 9.17) is 0 Å². The number of halogens is 1. The topological polar surface area (TPSA) is 67.8 Å². The van der Waals surface area contributed by atoms with Gasteiger partial charge in [0.1, 0.15) is 12.1 Å². The molecule has 4 rings (SSSR count). The van der Waals surface area contributed by atoms with Gasteiger partial charge in [-0.25, -0.2) is 14.4 Å². The van der Waals surface area contributed by atoms with Crippen LogP contribution in [0.4, 0.5) is 4.39 Å². The summed E-state index contributed by atoms with van der Waals surface area (Å²) in [4.78, 5) is 24.5. The Morgan fingerprint density at radius 1 is 1.14 bits per heavy atom. The number of fused-ring (bicyclic) bond motifs is 1. The van der Waals surface area contributed by atoms with Crippen LogP contribution >= 0.6 is 0 Å². The van der Waals surface area contributed by atoms with E-state index in [-0.39, 0.29) is 17.8 Å². The van der Waals surface area contributed by atoms with Gasteiger partial charge in [0.05, 0.1) is 11.1 Å². The molecule has 5 nitrogen and oxygen atoms in total. The van der Waals surface area contributed by atoms with Gasteiger partial charge in [-0.15, -0.1) is 0 Å². The average Bonchev–Trinajstić information content (AvgIpc) is 2.74. The van der Waals surface area contributed by atoms with Gasteiger partial charge in [-0.1, -0.05) is 0 Å². The number of aromatic nitrogens is 3. The molecule has 0 saturated heterocycles. The molecule has 6 heteroatoms. The largest absolute Gasteiger partial charge is 0.349 e. The average molecular weight is 378 g/mol. The maximum absolute atomic E-state index is 13.7. The first kappa shape index (κ1) is 18.5. The van der Waals surface area contributed by atoms with E-state index >= 15 is 0 Å². The molecule has 2 heterocycles. The highest BCUT2D eigenvalue weighted by atomic mass is 19.1. The second-order valence-electron chi connectivity index (χ2n) is 7.56. The quantitative estimate of drug-likeness (QED) is 0.737. The molecule has 0 spiro atoms. The van der Waals surface area contributed by atoms with Crippen molar-refractivity contribution in [3.63, 3.8) is 0 Å². The summed E-state index contributed by atoms with van der Waals surface area (Å²) in [5.41, 5.74) is 2.50. The van der Waals surface area contributed by atoms with Crippen LogP contribution in [0.1, 0.15) is 54.4 Å². The molecule has 2 aromatic heterocycles. The lowest BCUT2D eigenvalue weighted by molar-refractivity contribution is 0.0917. The van der Waals surface area contributed by atoms with Gasteiger partial charge in [-0.3, -0.25) is 9.78 Å². The maximum atomic E-state index is 13.7. The van der Waals surface area contributed by atoms with Gasteiger partial charge in [0.2, 0.25) is 0 Å². The van der Waals surface area contributed by atoms with Crippen LogP contribution in [0.25, 0.3) is 10.9 Å². The van der Waals surface area contributed by atoms with Gasteiger partial charge in [0.25, 0.3) is 5.91 Å². The minimum absolute atomic E-state index is 0.0836. The van der Waals surface area contributed by atoms with Gasteiger partial charge in [-0.05, 0) is 74.3 Å². The predicted octanol–water partition coefficient (Wildman–Crippen LogP) is 4.26. The normalized spacial score (nSPS) is 20.6. The first-order chi connectivity index (χ1) is 13.6. The monoisotopic (exact) mass is 378 g/mol. The molecule has 1 aromatic carbocycles. The van der Waals surface area contributed by atoms with E-state index in [1.807, 2.05) is 12.3 Å². The Morgan fingerprint density at radius 2 is 1.89 bits per heavy atom. The summed E-state index contributed by atoms with van der Waals surface area (Å²) < 4.78 is 13.7. The van der Waals surface area contributed by atoms with Crippen molar-refractivity contribution in [1.29, 1.82) is 0 Å². The fourth-order valence-electron chi connectivity index (χ4n) is 4.25. The number of rotatable bonds is 4. The Labute approximate surface area is 163 Å². The van der Waals surface area contributed by atoms with Crippen molar-refractivity contribution in [1.82, 2.24) is 20.3 Å². The van der Waals surface area contributed by atoms with Gasteiger partial charge in [0.15, 0.2) is 0 Å². The van der Waals surface area contributed by atoms with Crippen LogP contribution < -0.4 is 5.32 Å². The lowest BCUT2D eigenvalue weighted by Crippen LogP contribution is -2.39. The van der Waals surface area contributed by atoms with Crippen molar-refractivity contribution < 1.29 is 9.18 Å². The zero-order valence-electron chi connectivity index (χ0n) is 15.8. The van der Waals surface area contributed by atoms with Gasteiger partial charge in [0, 0.05) is 30.0 Å². The summed E-state index contributed by atoms with van der Waals surface area (Å²) in [6.07, 6.45) is 10.4. The van der Waals surface area contributed by atoms with E-state index < -0.39 is 0 Å². The van der Waals surface area contributed by atoms with Crippen molar-refractivity contribution in [3.05, 3.63) is 66.1 Å². The predicted molar refractivity (Wildman–Crippen MR) is 105 cm³/mol.